The lowest BCUT2D eigenvalue weighted by Crippen LogP contribution is -2.18. The molecule has 0 spiro atoms. The van der Waals surface area contributed by atoms with Gasteiger partial charge in [-0.25, -0.2) is 10.9 Å². The summed E-state index contributed by atoms with van der Waals surface area (Å²) in [6.07, 6.45) is 4.54. The van der Waals surface area contributed by atoms with Crippen molar-refractivity contribution in [2.75, 3.05) is 13.2 Å². The number of carbonyl (C=O) groups excluding carboxylic acids is 2. The molecule has 0 aliphatic heterocycles. The van der Waals surface area contributed by atoms with Crippen LogP contribution in [0, 0.1) is 0 Å². The number of halogens is 4. The molecular weight excluding hydrogens is 598 g/mol. The van der Waals surface area contributed by atoms with Crippen molar-refractivity contribution in [1.82, 2.24) is 10.9 Å². The van der Waals surface area contributed by atoms with Crippen LogP contribution in [0.2, 0.25) is 20.1 Å². The Hall–Kier alpha value is -3.30. The maximum atomic E-state index is 12.0. The van der Waals surface area contributed by atoms with E-state index in [1.165, 1.54) is 12.4 Å². The summed E-state index contributed by atoms with van der Waals surface area (Å²) in [5.74, 6) is 0.564. The number of nitrogens with one attached hydrogen (secondary N) is 2. The number of carbonyl (C=O) groups is 2. The Labute approximate surface area is 252 Å². The van der Waals surface area contributed by atoms with Gasteiger partial charge < -0.3 is 9.47 Å². The maximum absolute atomic E-state index is 12.0. The highest BCUT2D eigenvalue weighted by Crippen LogP contribution is 2.28. The topological polar surface area (TPSA) is 101 Å². The number of hydrogen-bond acceptors (Lipinski definition) is 6. The van der Waals surface area contributed by atoms with Crippen molar-refractivity contribution < 1.29 is 19.1 Å². The Balaban J connectivity index is 1.28. The largest absolute Gasteiger partial charge is 0.492 e. The third-order valence-corrected chi connectivity index (χ3v) is 6.20. The van der Waals surface area contributed by atoms with Gasteiger partial charge in [-0.2, -0.15) is 10.2 Å². The number of amides is 2. The van der Waals surface area contributed by atoms with Crippen molar-refractivity contribution in [2.45, 2.75) is 25.7 Å². The Morgan fingerprint density at radius 2 is 1.05 bits per heavy atom. The van der Waals surface area contributed by atoms with E-state index >= 15 is 0 Å². The molecule has 40 heavy (non-hydrogen) atoms. The minimum atomic E-state index is -0.234. The van der Waals surface area contributed by atoms with Crippen LogP contribution >= 0.6 is 46.4 Å². The van der Waals surface area contributed by atoms with E-state index in [2.05, 4.69) is 21.1 Å². The lowest BCUT2D eigenvalue weighted by Gasteiger charge is -2.07. The molecule has 0 saturated carbocycles. The van der Waals surface area contributed by atoms with Crippen LogP contribution in [0.1, 0.15) is 36.8 Å². The standard InChI is InChI=1S/C28H26Cl4N4O4/c29-21-9-11-25(23(31)15-21)39-13-1-3-27(37)35-33-17-19-5-7-20(8-6-19)18-34-36-28(38)4-2-14-40-26-12-10-22(30)16-24(26)32/h5-12,15-18H,1-4,13-14H2,(H,35,37)(H,36,38)/b33-17+,34-18+. The van der Waals surface area contributed by atoms with Crippen LogP contribution in [-0.4, -0.2) is 37.5 Å². The summed E-state index contributed by atoms with van der Waals surface area (Å²) in [6, 6.07) is 17.2. The zero-order valence-corrected chi connectivity index (χ0v) is 24.2. The van der Waals surface area contributed by atoms with Crippen molar-refractivity contribution >= 4 is 70.6 Å². The van der Waals surface area contributed by atoms with Gasteiger partial charge in [0.15, 0.2) is 0 Å². The first-order chi connectivity index (χ1) is 19.3. The minimum Gasteiger partial charge on any atom is -0.492 e. The molecule has 0 radical (unpaired) electrons. The lowest BCUT2D eigenvalue weighted by atomic mass is 10.2. The average Bonchev–Trinajstić information content (AvgIpc) is 2.92. The third-order valence-electron chi connectivity index (χ3n) is 5.14. The number of hydrazone groups is 2. The van der Waals surface area contributed by atoms with E-state index in [0.717, 1.165) is 11.1 Å². The van der Waals surface area contributed by atoms with Crippen molar-refractivity contribution in [3.8, 4) is 11.5 Å². The van der Waals surface area contributed by atoms with Crippen LogP contribution in [-0.2, 0) is 9.59 Å². The summed E-state index contributed by atoms with van der Waals surface area (Å²) in [5, 5.41) is 9.82. The first kappa shape index (κ1) is 31.2. The molecule has 3 rings (SSSR count). The quantitative estimate of drug-likeness (QED) is 0.116. The number of rotatable bonds is 14. The normalized spacial score (nSPS) is 11.1. The molecule has 3 aromatic carbocycles. The van der Waals surface area contributed by atoms with Crippen LogP contribution < -0.4 is 20.3 Å². The van der Waals surface area contributed by atoms with E-state index in [1.807, 2.05) is 24.3 Å². The van der Waals surface area contributed by atoms with Crippen LogP contribution in [0.3, 0.4) is 0 Å². The first-order valence-corrected chi connectivity index (χ1v) is 13.7. The number of hydrogen-bond donors (Lipinski definition) is 2. The molecule has 0 heterocycles. The Morgan fingerprint density at radius 3 is 1.43 bits per heavy atom. The highest BCUT2D eigenvalue weighted by molar-refractivity contribution is 6.36. The molecular formula is C28H26Cl4N4O4. The predicted octanol–water partition coefficient (Wildman–Crippen LogP) is 6.92. The van der Waals surface area contributed by atoms with E-state index in [9.17, 15) is 9.59 Å². The molecule has 3 aromatic rings. The number of ether oxygens (including phenoxy) is 2. The molecule has 0 aliphatic rings. The van der Waals surface area contributed by atoms with Gasteiger partial charge in [-0.15, -0.1) is 0 Å². The monoisotopic (exact) mass is 622 g/mol. The average molecular weight is 624 g/mol. The van der Waals surface area contributed by atoms with Gasteiger partial charge in [0, 0.05) is 22.9 Å². The summed E-state index contributed by atoms with van der Waals surface area (Å²) in [5.41, 5.74) is 6.53. The second-order valence-electron chi connectivity index (χ2n) is 8.31. The number of nitrogens with zero attached hydrogens (tertiary/aromatic N) is 2. The van der Waals surface area contributed by atoms with Gasteiger partial charge >= 0.3 is 0 Å². The first-order valence-electron chi connectivity index (χ1n) is 12.2. The molecule has 0 aromatic heterocycles. The molecule has 8 nitrogen and oxygen atoms in total. The molecule has 0 atom stereocenters. The molecule has 0 bridgehead atoms. The fourth-order valence-corrected chi connectivity index (χ4v) is 4.08. The fraction of sp³-hybridized carbons (Fsp3) is 0.214. The predicted molar refractivity (Wildman–Crippen MR) is 160 cm³/mol. The second-order valence-corrected chi connectivity index (χ2v) is 9.99. The Bertz CT molecular complexity index is 1250. The van der Waals surface area contributed by atoms with Gasteiger partial charge in [0.25, 0.3) is 0 Å². The zero-order chi connectivity index (χ0) is 28.7. The summed E-state index contributed by atoms with van der Waals surface area (Å²) in [4.78, 5) is 23.9. The van der Waals surface area contributed by atoms with Crippen LogP contribution in [0.4, 0.5) is 0 Å². The van der Waals surface area contributed by atoms with Crippen molar-refractivity contribution in [3.63, 3.8) is 0 Å². The second kappa shape index (κ2) is 16.7. The van der Waals surface area contributed by atoms with Gasteiger partial charge in [0.2, 0.25) is 11.8 Å². The molecule has 210 valence electrons. The summed E-state index contributed by atoms with van der Waals surface area (Å²) in [6.45, 7) is 0.659. The lowest BCUT2D eigenvalue weighted by molar-refractivity contribution is -0.122. The van der Waals surface area contributed by atoms with Gasteiger partial charge in [-0.3, -0.25) is 9.59 Å². The van der Waals surface area contributed by atoms with Crippen molar-refractivity contribution in [3.05, 3.63) is 91.9 Å². The molecule has 0 unspecified atom stereocenters. The summed E-state index contributed by atoms with van der Waals surface area (Å²) >= 11 is 23.8. The Kier molecular flexibility index (Phi) is 13.1. The van der Waals surface area contributed by atoms with Gasteiger partial charge in [-0.1, -0.05) is 70.7 Å². The van der Waals surface area contributed by atoms with Crippen LogP contribution in [0.25, 0.3) is 0 Å². The van der Waals surface area contributed by atoms with Gasteiger partial charge in [0.1, 0.15) is 11.5 Å². The molecule has 0 fully saturated rings. The maximum Gasteiger partial charge on any atom is 0.240 e. The van der Waals surface area contributed by atoms with Crippen LogP contribution in [0.15, 0.2) is 70.9 Å². The van der Waals surface area contributed by atoms with Gasteiger partial charge in [0.05, 0.1) is 35.7 Å². The number of benzene rings is 3. The highest BCUT2D eigenvalue weighted by Gasteiger charge is 2.05. The van der Waals surface area contributed by atoms with Crippen molar-refractivity contribution in [1.29, 1.82) is 0 Å². The fourth-order valence-electron chi connectivity index (χ4n) is 3.15. The van der Waals surface area contributed by atoms with E-state index < -0.39 is 0 Å². The molecule has 12 heteroatoms. The van der Waals surface area contributed by atoms with E-state index in [1.54, 1.807) is 36.4 Å². The Morgan fingerprint density at radius 1 is 0.650 bits per heavy atom. The van der Waals surface area contributed by atoms with Crippen molar-refractivity contribution in [2.24, 2.45) is 10.2 Å². The smallest absolute Gasteiger partial charge is 0.240 e. The van der Waals surface area contributed by atoms with Crippen LogP contribution in [0.5, 0.6) is 11.5 Å². The highest BCUT2D eigenvalue weighted by atomic mass is 35.5. The molecule has 0 aliphatic carbocycles. The molecule has 0 saturated heterocycles. The van der Waals surface area contributed by atoms with Gasteiger partial charge in [-0.05, 0) is 60.4 Å². The molecule has 2 N–H and O–H groups in total. The SMILES string of the molecule is O=C(CCCOc1ccc(Cl)cc1Cl)N/N=C/c1ccc(/C=N/NC(=O)CCCOc2ccc(Cl)cc2Cl)cc1. The zero-order valence-electron chi connectivity index (χ0n) is 21.2. The summed E-state index contributed by atoms with van der Waals surface area (Å²) < 4.78 is 11.1. The van der Waals surface area contributed by atoms with E-state index in [4.69, 9.17) is 55.9 Å². The third kappa shape index (κ3) is 11.4. The summed E-state index contributed by atoms with van der Waals surface area (Å²) in [7, 11) is 0. The molecule has 2 amide bonds. The minimum absolute atomic E-state index is 0.234. The van der Waals surface area contributed by atoms with E-state index in [0.29, 0.717) is 57.6 Å². The van der Waals surface area contributed by atoms with E-state index in [-0.39, 0.29) is 24.7 Å².